The molecule has 4 rings (SSSR count). The van der Waals surface area contributed by atoms with Gasteiger partial charge in [-0.15, -0.1) is 0 Å². The number of para-hydroxylation sites is 1. The number of piperidine rings is 1. The summed E-state index contributed by atoms with van der Waals surface area (Å²) in [5.74, 6) is 0.606. The molecule has 0 radical (unpaired) electrons. The standard InChI is InChI=1S/C25H31N3O5S2/c1-4-33-16-15-28-23-21(32-3)8-5-9-22(23)34-25(28)26-24(29)19-10-12-20(13-11-19)35(30,31)27-14-6-7-18(2)17-27/h5,8-13,18H,4,6-7,14-17H2,1-3H3. The maximum absolute atomic E-state index is 13.0. The van der Waals surface area contributed by atoms with Crippen LogP contribution in [0.2, 0.25) is 0 Å². The predicted octanol–water partition coefficient (Wildman–Crippen LogP) is 3.91. The third-order valence-electron chi connectivity index (χ3n) is 6.10. The number of rotatable bonds is 8. The molecule has 0 spiro atoms. The molecule has 188 valence electrons. The molecule has 1 aromatic heterocycles. The van der Waals surface area contributed by atoms with E-state index in [0.29, 0.717) is 54.9 Å². The van der Waals surface area contributed by atoms with Crippen LogP contribution in [0.5, 0.6) is 5.75 Å². The van der Waals surface area contributed by atoms with Crippen LogP contribution < -0.4 is 9.54 Å². The Morgan fingerprint density at radius 3 is 2.66 bits per heavy atom. The van der Waals surface area contributed by atoms with E-state index in [-0.39, 0.29) is 4.90 Å². The molecule has 0 bridgehead atoms. The SMILES string of the molecule is CCOCCn1c(=NC(=O)c2ccc(S(=O)(=O)N3CCCC(C)C3)cc2)sc2cccc(OC)c21. The maximum atomic E-state index is 13.0. The fourth-order valence-corrected chi connectivity index (χ4v) is 6.96. The second-order valence-electron chi connectivity index (χ2n) is 8.59. The van der Waals surface area contributed by atoms with Crippen LogP contribution in [-0.4, -0.2) is 56.6 Å². The molecule has 3 aromatic rings. The Morgan fingerprint density at radius 2 is 1.97 bits per heavy atom. The normalized spacial score (nSPS) is 17.7. The van der Waals surface area contributed by atoms with Crippen molar-refractivity contribution in [2.24, 2.45) is 10.9 Å². The highest BCUT2D eigenvalue weighted by molar-refractivity contribution is 7.89. The zero-order valence-corrected chi connectivity index (χ0v) is 21.9. The number of ether oxygens (including phenoxy) is 2. The molecule has 2 aromatic carbocycles. The van der Waals surface area contributed by atoms with Gasteiger partial charge in [0, 0.05) is 31.8 Å². The first-order valence-corrected chi connectivity index (χ1v) is 14.0. The van der Waals surface area contributed by atoms with Gasteiger partial charge in [-0.1, -0.05) is 24.3 Å². The zero-order valence-electron chi connectivity index (χ0n) is 20.3. The average molecular weight is 518 g/mol. The highest BCUT2D eigenvalue weighted by Gasteiger charge is 2.28. The monoisotopic (exact) mass is 517 g/mol. The molecule has 10 heteroatoms. The molecule has 1 saturated heterocycles. The molecule has 2 heterocycles. The van der Waals surface area contributed by atoms with Crippen molar-refractivity contribution in [3.63, 3.8) is 0 Å². The Labute approximate surface area is 209 Å². The highest BCUT2D eigenvalue weighted by Crippen LogP contribution is 2.27. The Bertz CT molecular complexity index is 1360. The van der Waals surface area contributed by atoms with E-state index in [1.54, 1.807) is 7.11 Å². The van der Waals surface area contributed by atoms with Crippen LogP contribution in [0.25, 0.3) is 10.2 Å². The van der Waals surface area contributed by atoms with Gasteiger partial charge in [0.2, 0.25) is 10.0 Å². The lowest BCUT2D eigenvalue weighted by molar-refractivity contribution is 0.0996. The van der Waals surface area contributed by atoms with Crippen molar-refractivity contribution < 1.29 is 22.7 Å². The summed E-state index contributed by atoms with van der Waals surface area (Å²) >= 11 is 1.40. The van der Waals surface area contributed by atoms with E-state index in [1.165, 1.54) is 39.9 Å². The Morgan fingerprint density at radius 1 is 1.20 bits per heavy atom. The van der Waals surface area contributed by atoms with Gasteiger partial charge in [-0.05, 0) is 62.1 Å². The zero-order chi connectivity index (χ0) is 25.0. The average Bonchev–Trinajstić information content (AvgIpc) is 3.21. The first-order valence-electron chi connectivity index (χ1n) is 11.8. The molecule has 35 heavy (non-hydrogen) atoms. The van der Waals surface area contributed by atoms with Gasteiger partial charge >= 0.3 is 0 Å². The number of sulfonamides is 1. The number of carbonyl (C=O) groups excluding carboxylic acids is 1. The number of thiazole rings is 1. The van der Waals surface area contributed by atoms with Crippen molar-refractivity contribution >= 4 is 37.5 Å². The summed E-state index contributed by atoms with van der Waals surface area (Å²) in [7, 11) is -1.97. The highest BCUT2D eigenvalue weighted by atomic mass is 32.2. The lowest BCUT2D eigenvalue weighted by atomic mass is 10.0. The number of fused-ring (bicyclic) bond motifs is 1. The second kappa shape index (κ2) is 11.0. The van der Waals surface area contributed by atoms with Crippen molar-refractivity contribution in [3.05, 3.63) is 52.8 Å². The van der Waals surface area contributed by atoms with Crippen LogP contribution in [-0.2, 0) is 21.3 Å². The third kappa shape index (κ3) is 5.50. The molecule has 1 aliphatic heterocycles. The molecule has 0 saturated carbocycles. The first-order chi connectivity index (χ1) is 16.8. The number of nitrogens with zero attached hydrogens (tertiary/aromatic N) is 3. The molecular formula is C25H31N3O5S2. The van der Waals surface area contributed by atoms with Crippen molar-refractivity contribution in [1.82, 2.24) is 8.87 Å². The lowest BCUT2D eigenvalue weighted by Crippen LogP contribution is -2.39. The maximum Gasteiger partial charge on any atom is 0.279 e. The summed E-state index contributed by atoms with van der Waals surface area (Å²) in [6, 6.07) is 11.8. The van der Waals surface area contributed by atoms with E-state index in [2.05, 4.69) is 11.9 Å². The van der Waals surface area contributed by atoms with Crippen molar-refractivity contribution in [2.45, 2.75) is 38.1 Å². The Hall–Kier alpha value is -2.53. The van der Waals surface area contributed by atoms with Gasteiger partial charge in [0.05, 0.1) is 23.3 Å². The van der Waals surface area contributed by atoms with Crippen LogP contribution in [0.4, 0.5) is 0 Å². The summed E-state index contributed by atoms with van der Waals surface area (Å²) in [5.41, 5.74) is 1.19. The van der Waals surface area contributed by atoms with Crippen molar-refractivity contribution in [3.8, 4) is 5.75 Å². The fraction of sp³-hybridized carbons (Fsp3) is 0.440. The summed E-state index contributed by atoms with van der Waals surface area (Å²) in [5, 5.41) is 0. The van der Waals surface area contributed by atoms with Gasteiger partial charge in [0.15, 0.2) is 4.80 Å². The fourth-order valence-electron chi connectivity index (χ4n) is 4.29. The van der Waals surface area contributed by atoms with Gasteiger partial charge in [-0.3, -0.25) is 4.79 Å². The number of benzene rings is 2. The van der Waals surface area contributed by atoms with Gasteiger partial charge in [0.1, 0.15) is 11.3 Å². The number of amides is 1. The van der Waals surface area contributed by atoms with Crippen LogP contribution in [0.15, 0.2) is 52.4 Å². The second-order valence-corrected chi connectivity index (χ2v) is 11.5. The van der Waals surface area contributed by atoms with E-state index < -0.39 is 15.9 Å². The van der Waals surface area contributed by atoms with Gasteiger partial charge in [0.25, 0.3) is 5.91 Å². The van der Waals surface area contributed by atoms with E-state index in [4.69, 9.17) is 9.47 Å². The smallest absolute Gasteiger partial charge is 0.279 e. The van der Waals surface area contributed by atoms with E-state index >= 15 is 0 Å². The molecule has 0 aliphatic carbocycles. The number of aromatic nitrogens is 1. The molecule has 0 N–H and O–H groups in total. The predicted molar refractivity (Wildman–Crippen MR) is 136 cm³/mol. The summed E-state index contributed by atoms with van der Waals surface area (Å²) in [6.45, 7) is 6.64. The molecule has 1 fully saturated rings. The van der Waals surface area contributed by atoms with E-state index in [1.807, 2.05) is 29.7 Å². The largest absolute Gasteiger partial charge is 0.495 e. The molecule has 1 aliphatic rings. The Kier molecular flexibility index (Phi) is 8.05. The number of hydrogen-bond acceptors (Lipinski definition) is 6. The van der Waals surface area contributed by atoms with Gasteiger partial charge in [-0.2, -0.15) is 9.30 Å². The minimum absolute atomic E-state index is 0.196. The molecule has 1 atom stereocenters. The van der Waals surface area contributed by atoms with Crippen molar-refractivity contribution in [1.29, 1.82) is 0 Å². The lowest BCUT2D eigenvalue weighted by Gasteiger charge is -2.30. The van der Waals surface area contributed by atoms with Crippen molar-refractivity contribution in [2.75, 3.05) is 33.4 Å². The van der Waals surface area contributed by atoms with E-state index in [0.717, 1.165) is 23.1 Å². The minimum Gasteiger partial charge on any atom is -0.495 e. The van der Waals surface area contributed by atoms with Crippen LogP contribution >= 0.6 is 11.3 Å². The van der Waals surface area contributed by atoms with Crippen LogP contribution in [0.3, 0.4) is 0 Å². The van der Waals surface area contributed by atoms with Crippen LogP contribution in [0, 0.1) is 5.92 Å². The van der Waals surface area contributed by atoms with Crippen LogP contribution in [0.1, 0.15) is 37.0 Å². The van der Waals surface area contributed by atoms with E-state index in [9.17, 15) is 13.2 Å². The van der Waals surface area contributed by atoms with Gasteiger partial charge < -0.3 is 14.0 Å². The van der Waals surface area contributed by atoms with Gasteiger partial charge in [-0.25, -0.2) is 8.42 Å². The first kappa shape index (κ1) is 25.6. The number of methoxy groups -OCH3 is 1. The number of carbonyl (C=O) groups is 1. The summed E-state index contributed by atoms with van der Waals surface area (Å²) < 4.78 is 41.5. The molecule has 1 amide bonds. The molecule has 1 unspecified atom stereocenters. The summed E-state index contributed by atoms with van der Waals surface area (Å²) in [6.07, 6.45) is 1.90. The quantitative estimate of drug-likeness (QED) is 0.423. The topological polar surface area (TPSA) is 90.2 Å². The number of hydrogen-bond donors (Lipinski definition) is 0. The molecular weight excluding hydrogens is 486 g/mol. The Balaban J connectivity index is 1.65. The molecule has 8 nitrogen and oxygen atoms in total. The minimum atomic E-state index is -3.58. The third-order valence-corrected chi connectivity index (χ3v) is 9.03. The summed E-state index contributed by atoms with van der Waals surface area (Å²) in [4.78, 5) is 18.2.